The van der Waals surface area contributed by atoms with Crippen LogP contribution in [0.2, 0.25) is 0 Å². The highest BCUT2D eigenvalue weighted by atomic mass is 16.3. The lowest BCUT2D eigenvalue weighted by Crippen LogP contribution is -2.65. The summed E-state index contributed by atoms with van der Waals surface area (Å²) in [6.07, 6.45) is 4.86. The van der Waals surface area contributed by atoms with E-state index in [-0.39, 0.29) is 24.4 Å². The number of imidazole rings is 1. The number of hydrogen-bond donors (Lipinski definition) is 1. The Kier molecular flexibility index (Phi) is 5.07. The summed E-state index contributed by atoms with van der Waals surface area (Å²) in [6, 6.07) is 11.4. The highest BCUT2D eigenvalue weighted by molar-refractivity contribution is 6.01. The van der Waals surface area contributed by atoms with E-state index in [1.807, 2.05) is 41.8 Å². The zero-order valence-corrected chi connectivity index (χ0v) is 18.9. The molecule has 1 saturated carbocycles. The van der Waals surface area contributed by atoms with E-state index in [1.54, 1.807) is 17.2 Å². The number of furan rings is 1. The second kappa shape index (κ2) is 7.80. The van der Waals surface area contributed by atoms with Gasteiger partial charge in [0.1, 0.15) is 11.3 Å². The van der Waals surface area contributed by atoms with Crippen LogP contribution in [0.1, 0.15) is 56.4 Å². The van der Waals surface area contributed by atoms with Gasteiger partial charge in [0.05, 0.1) is 30.4 Å². The van der Waals surface area contributed by atoms with Crippen molar-refractivity contribution in [1.82, 2.24) is 19.8 Å². The zero-order valence-electron chi connectivity index (χ0n) is 18.9. The minimum Gasteiger partial charge on any atom is -0.467 e. The standard InChI is InChI=1S/C25H30N4O3/c1-16-8-6-11-19(17(16)2)27-24(31)25(3)15-28-21-12-5-4-10-20(21)26-22(28)23(30)29(25)14-18-9-7-13-32-18/h4-5,7,9-10,12-13,16-17,19H,6,8,11,14-15H2,1-3H3,(H,27,31)/t16-,17-,19+,25+/m1/s1. The van der Waals surface area contributed by atoms with Gasteiger partial charge in [-0.2, -0.15) is 0 Å². The fourth-order valence-corrected chi connectivity index (χ4v) is 5.25. The molecule has 1 aliphatic heterocycles. The SMILES string of the molecule is C[C@@H]1[C@H](C)CCC[C@@H]1NC(=O)[C@]1(C)Cn2c(nc3ccccc32)C(=O)N1Cc1ccco1. The molecule has 1 fully saturated rings. The molecule has 3 heterocycles. The van der Waals surface area contributed by atoms with Gasteiger partial charge < -0.3 is 19.2 Å². The van der Waals surface area contributed by atoms with Crippen LogP contribution in [-0.4, -0.2) is 37.8 Å². The van der Waals surface area contributed by atoms with Crippen LogP contribution in [-0.2, 0) is 17.9 Å². The number of hydrogen-bond acceptors (Lipinski definition) is 4. The predicted octanol–water partition coefficient (Wildman–Crippen LogP) is 3.98. The van der Waals surface area contributed by atoms with Gasteiger partial charge >= 0.3 is 0 Å². The number of fused-ring (bicyclic) bond motifs is 3. The van der Waals surface area contributed by atoms with Gasteiger partial charge in [-0.15, -0.1) is 0 Å². The largest absolute Gasteiger partial charge is 0.467 e. The quantitative estimate of drug-likeness (QED) is 0.673. The van der Waals surface area contributed by atoms with E-state index in [2.05, 4.69) is 24.1 Å². The summed E-state index contributed by atoms with van der Waals surface area (Å²) >= 11 is 0. The zero-order chi connectivity index (χ0) is 22.5. The van der Waals surface area contributed by atoms with Gasteiger partial charge in [0.2, 0.25) is 5.91 Å². The molecule has 2 aliphatic rings. The Morgan fingerprint density at radius 1 is 1.22 bits per heavy atom. The van der Waals surface area contributed by atoms with Crippen LogP contribution < -0.4 is 5.32 Å². The first-order chi connectivity index (χ1) is 15.4. The van der Waals surface area contributed by atoms with Gasteiger partial charge in [-0.3, -0.25) is 9.59 Å². The van der Waals surface area contributed by atoms with Crippen LogP contribution in [0, 0.1) is 11.8 Å². The molecule has 0 bridgehead atoms. The van der Waals surface area contributed by atoms with Crippen LogP contribution in [0.25, 0.3) is 11.0 Å². The molecule has 1 N–H and O–H groups in total. The molecule has 4 atom stereocenters. The summed E-state index contributed by atoms with van der Waals surface area (Å²) in [4.78, 5) is 33.7. The van der Waals surface area contributed by atoms with E-state index in [9.17, 15) is 9.59 Å². The van der Waals surface area contributed by atoms with Crippen molar-refractivity contribution >= 4 is 22.8 Å². The summed E-state index contributed by atoms with van der Waals surface area (Å²) in [5.74, 6) is 1.60. The summed E-state index contributed by atoms with van der Waals surface area (Å²) in [5.41, 5.74) is 0.557. The molecule has 0 spiro atoms. The lowest BCUT2D eigenvalue weighted by molar-refractivity contribution is -0.134. The second-order valence-corrected chi connectivity index (χ2v) is 9.60. The van der Waals surface area contributed by atoms with E-state index >= 15 is 0 Å². The fraction of sp³-hybridized carbons (Fsp3) is 0.480. The van der Waals surface area contributed by atoms with Crippen molar-refractivity contribution in [3.8, 4) is 0 Å². The first-order valence-electron chi connectivity index (χ1n) is 11.5. The molecule has 3 aromatic rings. The van der Waals surface area contributed by atoms with Gasteiger partial charge in [0.25, 0.3) is 5.91 Å². The minimum atomic E-state index is -1.07. The second-order valence-electron chi connectivity index (χ2n) is 9.60. The van der Waals surface area contributed by atoms with Crippen LogP contribution in [0.5, 0.6) is 0 Å². The Balaban J connectivity index is 1.53. The number of aromatic nitrogens is 2. The van der Waals surface area contributed by atoms with Crippen LogP contribution in [0.15, 0.2) is 47.1 Å². The molecule has 7 nitrogen and oxygen atoms in total. The summed E-state index contributed by atoms with van der Waals surface area (Å²) < 4.78 is 7.42. The van der Waals surface area contributed by atoms with Crippen LogP contribution in [0.3, 0.4) is 0 Å². The maximum absolute atomic E-state index is 13.8. The van der Waals surface area contributed by atoms with Gasteiger partial charge in [0.15, 0.2) is 5.82 Å². The van der Waals surface area contributed by atoms with Crippen molar-refractivity contribution in [1.29, 1.82) is 0 Å². The number of carbonyl (C=O) groups is 2. The predicted molar refractivity (Wildman–Crippen MR) is 121 cm³/mol. The number of benzene rings is 1. The van der Waals surface area contributed by atoms with Crippen LogP contribution >= 0.6 is 0 Å². The van der Waals surface area contributed by atoms with Gasteiger partial charge in [-0.25, -0.2) is 4.98 Å². The van der Waals surface area contributed by atoms with Gasteiger partial charge in [-0.1, -0.05) is 38.8 Å². The molecule has 2 aromatic heterocycles. The molecule has 32 heavy (non-hydrogen) atoms. The molecule has 0 saturated heterocycles. The average molecular weight is 435 g/mol. The third kappa shape index (κ3) is 3.31. The molecule has 0 radical (unpaired) electrons. The maximum atomic E-state index is 13.8. The van der Waals surface area contributed by atoms with E-state index in [4.69, 9.17) is 4.42 Å². The number of amides is 2. The van der Waals surface area contributed by atoms with E-state index in [0.29, 0.717) is 30.0 Å². The van der Waals surface area contributed by atoms with Crippen molar-refractivity contribution in [2.24, 2.45) is 11.8 Å². The highest BCUT2D eigenvalue weighted by Crippen LogP contribution is 2.34. The van der Waals surface area contributed by atoms with Crippen LogP contribution in [0.4, 0.5) is 0 Å². The number of rotatable bonds is 4. The minimum absolute atomic E-state index is 0.115. The lowest BCUT2D eigenvalue weighted by Gasteiger charge is -2.45. The maximum Gasteiger partial charge on any atom is 0.291 e. The summed E-state index contributed by atoms with van der Waals surface area (Å²) in [7, 11) is 0. The van der Waals surface area contributed by atoms with E-state index in [0.717, 1.165) is 23.9 Å². The van der Waals surface area contributed by atoms with E-state index < -0.39 is 5.54 Å². The Bertz CT molecular complexity index is 1150. The molecular formula is C25H30N4O3. The average Bonchev–Trinajstić information content (AvgIpc) is 3.42. The lowest BCUT2D eigenvalue weighted by atomic mass is 9.77. The Morgan fingerprint density at radius 2 is 2.03 bits per heavy atom. The fourth-order valence-electron chi connectivity index (χ4n) is 5.25. The topological polar surface area (TPSA) is 80.4 Å². The van der Waals surface area contributed by atoms with Gasteiger partial charge in [-0.05, 0) is 49.4 Å². The Hall–Kier alpha value is -3.09. The Labute approximate surface area is 187 Å². The first kappa shape index (κ1) is 20.8. The summed E-state index contributed by atoms with van der Waals surface area (Å²) in [6.45, 7) is 6.89. The third-order valence-electron chi connectivity index (χ3n) is 7.56. The number of nitrogens with zero attached hydrogens (tertiary/aromatic N) is 3. The van der Waals surface area contributed by atoms with Crippen molar-refractivity contribution in [3.05, 3.63) is 54.2 Å². The molecule has 1 aliphatic carbocycles. The van der Waals surface area contributed by atoms with Crippen molar-refractivity contribution < 1.29 is 14.0 Å². The molecule has 2 amide bonds. The van der Waals surface area contributed by atoms with Crippen molar-refractivity contribution in [2.75, 3.05) is 0 Å². The third-order valence-corrected chi connectivity index (χ3v) is 7.56. The monoisotopic (exact) mass is 434 g/mol. The molecule has 5 rings (SSSR count). The number of nitrogens with one attached hydrogen (secondary N) is 1. The first-order valence-corrected chi connectivity index (χ1v) is 11.5. The summed E-state index contributed by atoms with van der Waals surface area (Å²) in [5, 5.41) is 3.31. The highest BCUT2D eigenvalue weighted by Gasteiger charge is 2.49. The normalized spacial score (nSPS) is 28.0. The molecule has 0 unspecified atom stereocenters. The number of carbonyl (C=O) groups excluding carboxylic acids is 2. The molecule has 7 heteroatoms. The van der Waals surface area contributed by atoms with Crippen molar-refractivity contribution in [3.63, 3.8) is 0 Å². The van der Waals surface area contributed by atoms with Crippen molar-refractivity contribution in [2.45, 2.75) is 64.7 Å². The van der Waals surface area contributed by atoms with Gasteiger partial charge in [0, 0.05) is 6.04 Å². The smallest absolute Gasteiger partial charge is 0.291 e. The van der Waals surface area contributed by atoms with E-state index in [1.165, 1.54) is 6.42 Å². The molecule has 1 aromatic carbocycles. The Morgan fingerprint density at radius 3 is 2.81 bits per heavy atom. The molecule has 168 valence electrons. The molecular weight excluding hydrogens is 404 g/mol. The number of para-hydroxylation sites is 2.